The number of rotatable bonds is 4. The molecule has 0 saturated carbocycles. The van der Waals surface area contributed by atoms with Crippen LogP contribution >= 0.6 is 27.5 Å². The second kappa shape index (κ2) is 6.28. The zero-order valence-corrected chi connectivity index (χ0v) is 13.2. The number of aromatic nitrogens is 3. The van der Waals surface area contributed by atoms with Crippen LogP contribution in [0.5, 0.6) is 5.75 Å². The van der Waals surface area contributed by atoms with E-state index in [9.17, 15) is 0 Å². The lowest BCUT2D eigenvalue weighted by Crippen LogP contribution is -1.98. The first-order valence-corrected chi connectivity index (χ1v) is 7.44. The van der Waals surface area contributed by atoms with Gasteiger partial charge in [0.15, 0.2) is 11.6 Å². The lowest BCUT2D eigenvalue weighted by atomic mass is 10.2. The number of hydrogen-bond acceptors (Lipinski definition) is 3. The topological polar surface area (TPSA) is 50.8 Å². The Labute approximate surface area is 135 Å². The van der Waals surface area contributed by atoms with E-state index in [0.717, 1.165) is 10.0 Å². The van der Waals surface area contributed by atoms with Crippen molar-refractivity contribution in [1.29, 1.82) is 0 Å². The van der Waals surface area contributed by atoms with Crippen LogP contribution in [0.4, 0.5) is 0 Å². The van der Waals surface area contributed by atoms with Crippen LogP contribution in [-0.2, 0) is 6.61 Å². The van der Waals surface area contributed by atoms with Gasteiger partial charge >= 0.3 is 0 Å². The standard InChI is InChI=1S/C15H11BrClN3O/c16-11-5-3-4-10(8-11)15-18-14(19-20-15)9-21-13-7-2-1-6-12(13)17/h1-8H,9H2,(H,18,19,20). The third-order valence-electron chi connectivity index (χ3n) is 2.82. The predicted molar refractivity (Wildman–Crippen MR) is 85.3 cm³/mol. The Morgan fingerprint density at radius 2 is 2.00 bits per heavy atom. The summed E-state index contributed by atoms with van der Waals surface area (Å²) in [5.74, 6) is 1.90. The van der Waals surface area contributed by atoms with Crippen molar-refractivity contribution in [3.05, 3.63) is 63.9 Å². The molecule has 0 radical (unpaired) electrons. The third kappa shape index (κ3) is 3.43. The van der Waals surface area contributed by atoms with Gasteiger partial charge in [0.1, 0.15) is 12.4 Å². The van der Waals surface area contributed by atoms with Gasteiger partial charge in [0, 0.05) is 10.0 Å². The molecule has 2 aromatic carbocycles. The van der Waals surface area contributed by atoms with Crippen LogP contribution in [0.15, 0.2) is 53.0 Å². The van der Waals surface area contributed by atoms with Crippen molar-refractivity contribution in [2.45, 2.75) is 6.61 Å². The Kier molecular flexibility index (Phi) is 4.22. The molecule has 0 saturated heterocycles. The Hall–Kier alpha value is -1.85. The number of hydrogen-bond donors (Lipinski definition) is 1. The second-order valence-corrected chi connectivity index (χ2v) is 5.66. The predicted octanol–water partition coefficient (Wildman–Crippen LogP) is 4.47. The van der Waals surface area contributed by atoms with E-state index in [1.807, 2.05) is 42.5 Å². The third-order valence-corrected chi connectivity index (χ3v) is 3.62. The van der Waals surface area contributed by atoms with E-state index in [2.05, 4.69) is 31.1 Å². The molecule has 0 aliphatic carbocycles. The smallest absolute Gasteiger partial charge is 0.181 e. The molecule has 4 nitrogen and oxygen atoms in total. The molecule has 0 aliphatic heterocycles. The number of nitrogens with one attached hydrogen (secondary N) is 1. The minimum absolute atomic E-state index is 0.282. The summed E-state index contributed by atoms with van der Waals surface area (Å²) in [5, 5.41) is 7.63. The van der Waals surface area contributed by atoms with E-state index >= 15 is 0 Å². The molecule has 21 heavy (non-hydrogen) atoms. The molecule has 1 heterocycles. The molecular weight excluding hydrogens is 354 g/mol. The van der Waals surface area contributed by atoms with Crippen molar-refractivity contribution in [1.82, 2.24) is 15.2 Å². The van der Waals surface area contributed by atoms with Crippen molar-refractivity contribution < 1.29 is 4.74 Å². The van der Waals surface area contributed by atoms with Crippen LogP contribution in [0.3, 0.4) is 0 Å². The van der Waals surface area contributed by atoms with Crippen LogP contribution in [0.25, 0.3) is 11.4 Å². The van der Waals surface area contributed by atoms with Crippen LogP contribution in [0.2, 0.25) is 5.02 Å². The van der Waals surface area contributed by atoms with Crippen molar-refractivity contribution >= 4 is 27.5 Å². The summed E-state index contributed by atoms with van der Waals surface area (Å²) in [7, 11) is 0. The van der Waals surface area contributed by atoms with Crippen LogP contribution in [0.1, 0.15) is 5.82 Å². The van der Waals surface area contributed by atoms with Gasteiger partial charge in [-0.3, -0.25) is 5.10 Å². The maximum atomic E-state index is 6.03. The first-order chi connectivity index (χ1) is 10.2. The Balaban J connectivity index is 1.72. The Bertz CT molecular complexity index is 760. The van der Waals surface area contributed by atoms with Crippen LogP contribution in [0, 0.1) is 0 Å². The minimum atomic E-state index is 0.282. The SMILES string of the molecule is Clc1ccccc1OCc1nc(-c2cccc(Br)c2)n[nH]1. The summed E-state index contributed by atoms with van der Waals surface area (Å²) < 4.78 is 6.61. The first kappa shape index (κ1) is 14.1. The fourth-order valence-corrected chi connectivity index (χ4v) is 2.41. The van der Waals surface area contributed by atoms with Gasteiger partial charge in [-0.15, -0.1) is 0 Å². The summed E-state index contributed by atoms with van der Waals surface area (Å²) in [4.78, 5) is 4.41. The van der Waals surface area contributed by atoms with E-state index in [0.29, 0.717) is 22.4 Å². The van der Waals surface area contributed by atoms with Crippen LogP contribution < -0.4 is 4.74 Å². The maximum Gasteiger partial charge on any atom is 0.181 e. The molecule has 3 rings (SSSR count). The lowest BCUT2D eigenvalue weighted by molar-refractivity contribution is 0.296. The fourth-order valence-electron chi connectivity index (χ4n) is 1.82. The van der Waals surface area contributed by atoms with E-state index in [1.165, 1.54) is 0 Å². The number of ether oxygens (including phenoxy) is 1. The highest BCUT2D eigenvalue weighted by Gasteiger charge is 2.07. The highest BCUT2D eigenvalue weighted by atomic mass is 79.9. The van der Waals surface area contributed by atoms with Gasteiger partial charge in [-0.25, -0.2) is 4.98 Å². The summed E-state index contributed by atoms with van der Waals surface area (Å²) in [6.45, 7) is 0.282. The molecule has 0 atom stereocenters. The number of aromatic amines is 1. The molecule has 0 aliphatic rings. The zero-order chi connectivity index (χ0) is 14.7. The molecule has 0 amide bonds. The van der Waals surface area contributed by atoms with E-state index in [1.54, 1.807) is 6.07 Å². The maximum absolute atomic E-state index is 6.03. The molecule has 1 aromatic heterocycles. The molecule has 0 fully saturated rings. The van der Waals surface area contributed by atoms with Gasteiger partial charge in [0.05, 0.1) is 5.02 Å². The molecule has 0 spiro atoms. The number of benzene rings is 2. The summed E-state index contributed by atoms with van der Waals surface area (Å²) in [6, 6.07) is 15.1. The molecule has 106 valence electrons. The van der Waals surface area contributed by atoms with Gasteiger partial charge in [-0.2, -0.15) is 5.10 Å². The molecule has 6 heteroatoms. The minimum Gasteiger partial charge on any atom is -0.484 e. The van der Waals surface area contributed by atoms with Gasteiger partial charge in [-0.1, -0.05) is 51.8 Å². The number of nitrogens with zero attached hydrogens (tertiary/aromatic N) is 2. The molecule has 1 N–H and O–H groups in total. The number of para-hydroxylation sites is 1. The van der Waals surface area contributed by atoms with Gasteiger partial charge in [0.25, 0.3) is 0 Å². The largest absolute Gasteiger partial charge is 0.484 e. The molecule has 0 unspecified atom stereocenters. The normalized spacial score (nSPS) is 10.6. The fraction of sp³-hybridized carbons (Fsp3) is 0.0667. The van der Waals surface area contributed by atoms with Crippen molar-refractivity contribution in [3.8, 4) is 17.1 Å². The summed E-state index contributed by atoms with van der Waals surface area (Å²) >= 11 is 9.46. The quantitative estimate of drug-likeness (QED) is 0.743. The lowest BCUT2D eigenvalue weighted by Gasteiger charge is -2.04. The first-order valence-electron chi connectivity index (χ1n) is 6.27. The monoisotopic (exact) mass is 363 g/mol. The van der Waals surface area contributed by atoms with Crippen molar-refractivity contribution in [2.24, 2.45) is 0 Å². The van der Waals surface area contributed by atoms with E-state index < -0.39 is 0 Å². The highest BCUT2D eigenvalue weighted by Crippen LogP contribution is 2.24. The highest BCUT2D eigenvalue weighted by molar-refractivity contribution is 9.10. The average molecular weight is 365 g/mol. The second-order valence-electron chi connectivity index (χ2n) is 4.34. The number of halogens is 2. The summed E-state index contributed by atoms with van der Waals surface area (Å²) in [5.41, 5.74) is 0.935. The van der Waals surface area contributed by atoms with E-state index in [-0.39, 0.29) is 6.61 Å². The molecule has 0 bridgehead atoms. The van der Waals surface area contributed by atoms with Gasteiger partial charge < -0.3 is 4.74 Å². The average Bonchev–Trinajstić information content (AvgIpc) is 2.95. The van der Waals surface area contributed by atoms with Crippen molar-refractivity contribution in [3.63, 3.8) is 0 Å². The molecule has 3 aromatic rings. The Morgan fingerprint density at radius 1 is 1.14 bits per heavy atom. The van der Waals surface area contributed by atoms with E-state index in [4.69, 9.17) is 16.3 Å². The van der Waals surface area contributed by atoms with Crippen molar-refractivity contribution in [2.75, 3.05) is 0 Å². The summed E-state index contributed by atoms with van der Waals surface area (Å²) in [6.07, 6.45) is 0. The number of H-pyrrole nitrogens is 1. The molecular formula is C15H11BrClN3O. The van der Waals surface area contributed by atoms with Gasteiger partial charge in [0.2, 0.25) is 0 Å². The van der Waals surface area contributed by atoms with Crippen LogP contribution in [-0.4, -0.2) is 15.2 Å². The Morgan fingerprint density at radius 3 is 2.81 bits per heavy atom. The van der Waals surface area contributed by atoms with Gasteiger partial charge in [-0.05, 0) is 24.3 Å². The zero-order valence-electron chi connectivity index (χ0n) is 10.9.